The van der Waals surface area contributed by atoms with Crippen molar-refractivity contribution in [3.05, 3.63) is 70.4 Å². The first kappa shape index (κ1) is 21.5. The first-order valence-electron chi connectivity index (χ1n) is 10.3. The lowest BCUT2D eigenvalue weighted by atomic mass is 9.98. The van der Waals surface area contributed by atoms with Crippen LogP contribution in [0.25, 0.3) is 10.9 Å². The van der Waals surface area contributed by atoms with Gasteiger partial charge in [0.1, 0.15) is 0 Å². The highest BCUT2D eigenvalue weighted by Crippen LogP contribution is 2.28. The third kappa shape index (κ3) is 4.35. The molecule has 5 heteroatoms. The zero-order valence-corrected chi connectivity index (χ0v) is 18.2. The van der Waals surface area contributed by atoms with Crippen molar-refractivity contribution in [1.29, 1.82) is 0 Å². The van der Waals surface area contributed by atoms with E-state index in [0.29, 0.717) is 12.0 Å². The molecule has 5 nitrogen and oxygen atoms in total. The summed E-state index contributed by atoms with van der Waals surface area (Å²) in [5.41, 5.74) is 5.69. The lowest BCUT2D eigenvalue weighted by molar-refractivity contribution is -0.119. The second kappa shape index (κ2) is 9.08. The first-order valence-corrected chi connectivity index (χ1v) is 10.3. The smallest absolute Gasteiger partial charge is 0.339 e. The standard InChI is InChI=1S/C25H28N2O3/c1-6-20-17(5)23(19-11-7-8-13-21(19)26-20)25(29)30-14-22(28)27-24-16(4)10-9-12-18(24)15(2)3/h7-13,15H,6,14H2,1-5H3,(H,27,28). The van der Waals surface area contributed by atoms with E-state index in [-0.39, 0.29) is 18.4 Å². The number of carbonyl (C=O) groups is 2. The maximum Gasteiger partial charge on any atom is 0.339 e. The summed E-state index contributed by atoms with van der Waals surface area (Å²) in [6, 6.07) is 13.4. The Morgan fingerprint density at radius 2 is 1.80 bits per heavy atom. The Morgan fingerprint density at radius 3 is 2.50 bits per heavy atom. The highest BCUT2D eigenvalue weighted by atomic mass is 16.5. The molecule has 3 aromatic rings. The first-order chi connectivity index (χ1) is 14.3. The van der Waals surface area contributed by atoms with E-state index in [1.54, 1.807) is 0 Å². The molecule has 30 heavy (non-hydrogen) atoms. The Bertz CT molecular complexity index is 1100. The van der Waals surface area contributed by atoms with Crippen LogP contribution in [0.3, 0.4) is 0 Å². The van der Waals surface area contributed by atoms with Crippen molar-refractivity contribution in [1.82, 2.24) is 4.98 Å². The van der Waals surface area contributed by atoms with E-state index in [1.165, 1.54) is 0 Å². The highest BCUT2D eigenvalue weighted by molar-refractivity contribution is 6.06. The van der Waals surface area contributed by atoms with Crippen LogP contribution < -0.4 is 5.32 Å². The largest absolute Gasteiger partial charge is 0.452 e. The number of para-hydroxylation sites is 2. The summed E-state index contributed by atoms with van der Waals surface area (Å²) in [6.07, 6.45) is 0.711. The van der Waals surface area contributed by atoms with Gasteiger partial charge in [0.2, 0.25) is 0 Å². The van der Waals surface area contributed by atoms with Crippen LogP contribution >= 0.6 is 0 Å². The summed E-state index contributed by atoms with van der Waals surface area (Å²) in [6.45, 7) is 9.63. The van der Waals surface area contributed by atoms with Gasteiger partial charge >= 0.3 is 5.97 Å². The number of nitrogens with one attached hydrogen (secondary N) is 1. The third-order valence-corrected chi connectivity index (χ3v) is 5.30. The summed E-state index contributed by atoms with van der Waals surface area (Å²) in [4.78, 5) is 30.1. The summed E-state index contributed by atoms with van der Waals surface area (Å²) < 4.78 is 5.41. The number of hydrogen-bond donors (Lipinski definition) is 1. The molecule has 0 atom stereocenters. The third-order valence-electron chi connectivity index (χ3n) is 5.30. The van der Waals surface area contributed by atoms with Crippen LogP contribution in [0.2, 0.25) is 0 Å². The Hall–Kier alpha value is -3.21. The van der Waals surface area contributed by atoms with Gasteiger partial charge in [0.25, 0.3) is 5.91 Å². The highest BCUT2D eigenvalue weighted by Gasteiger charge is 2.20. The number of benzene rings is 2. The molecule has 0 unspecified atom stereocenters. The summed E-state index contributed by atoms with van der Waals surface area (Å²) in [7, 11) is 0. The van der Waals surface area contributed by atoms with E-state index in [9.17, 15) is 9.59 Å². The summed E-state index contributed by atoms with van der Waals surface area (Å²) in [5, 5.41) is 3.65. The molecule has 1 amide bonds. The molecule has 0 radical (unpaired) electrons. The number of pyridine rings is 1. The van der Waals surface area contributed by atoms with Gasteiger partial charge in [0.15, 0.2) is 6.61 Å². The Balaban J connectivity index is 1.80. The van der Waals surface area contributed by atoms with Crippen LogP contribution in [-0.4, -0.2) is 23.5 Å². The van der Waals surface area contributed by atoms with Gasteiger partial charge in [-0.15, -0.1) is 0 Å². The minimum Gasteiger partial charge on any atom is -0.452 e. The molecular formula is C25H28N2O3. The summed E-state index contributed by atoms with van der Waals surface area (Å²) >= 11 is 0. The van der Waals surface area contributed by atoms with Gasteiger partial charge in [0.05, 0.1) is 11.1 Å². The van der Waals surface area contributed by atoms with Gasteiger partial charge in [-0.1, -0.05) is 57.2 Å². The molecule has 0 saturated heterocycles. The predicted octanol–water partition coefficient (Wildman–Crippen LogP) is 5.33. The van der Waals surface area contributed by atoms with Crippen LogP contribution in [0.5, 0.6) is 0 Å². The molecule has 1 aromatic heterocycles. The van der Waals surface area contributed by atoms with E-state index in [4.69, 9.17) is 4.74 Å². The lowest BCUT2D eigenvalue weighted by Gasteiger charge is -2.17. The van der Waals surface area contributed by atoms with Crippen molar-refractivity contribution < 1.29 is 14.3 Å². The molecule has 3 rings (SSSR count). The van der Waals surface area contributed by atoms with Crippen LogP contribution in [0.4, 0.5) is 5.69 Å². The van der Waals surface area contributed by atoms with Gasteiger partial charge in [-0.25, -0.2) is 4.79 Å². The number of aryl methyl sites for hydroxylation is 2. The maximum absolute atomic E-state index is 12.9. The molecule has 0 spiro atoms. The Kier molecular flexibility index (Phi) is 6.50. The van der Waals surface area contributed by atoms with Crippen molar-refractivity contribution in [2.75, 3.05) is 11.9 Å². The molecule has 0 saturated carbocycles. The average Bonchev–Trinajstić information content (AvgIpc) is 2.72. The number of aromatic nitrogens is 1. The summed E-state index contributed by atoms with van der Waals surface area (Å²) in [5.74, 6) is -0.600. The second-order valence-corrected chi connectivity index (χ2v) is 7.75. The van der Waals surface area contributed by atoms with Crippen molar-refractivity contribution in [2.24, 2.45) is 0 Å². The molecule has 0 aliphatic heterocycles. The number of fused-ring (bicyclic) bond motifs is 1. The average molecular weight is 405 g/mol. The van der Waals surface area contributed by atoms with E-state index in [1.807, 2.05) is 63.2 Å². The van der Waals surface area contributed by atoms with E-state index in [0.717, 1.165) is 39.0 Å². The van der Waals surface area contributed by atoms with E-state index < -0.39 is 5.97 Å². The quantitative estimate of drug-likeness (QED) is 0.564. The zero-order chi connectivity index (χ0) is 21.8. The SMILES string of the molecule is CCc1nc2ccccc2c(C(=O)OCC(=O)Nc2c(C)cccc2C(C)C)c1C. The minimum atomic E-state index is -0.509. The van der Waals surface area contributed by atoms with Crippen LogP contribution in [0.1, 0.15) is 59.4 Å². The fourth-order valence-electron chi connectivity index (χ4n) is 3.69. The topological polar surface area (TPSA) is 68.3 Å². The minimum absolute atomic E-state index is 0.265. The van der Waals surface area contributed by atoms with Crippen molar-refractivity contribution in [3.63, 3.8) is 0 Å². The molecule has 0 bridgehead atoms. The van der Waals surface area contributed by atoms with Crippen molar-refractivity contribution >= 4 is 28.5 Å². The fraction of sp³-hybridized carbons (Fsp3) is 0.320. The normalized spacial score (nSPS) is 11.0. The van der Waals surface area contributed by atoms with Gasteiger partial charge in [0, 0.05) is 16.8 Å². The predicted molar refractivity (Wildman–Crippen MR) is 120 cm³/mol. The number of nitrogens with zero attached hydrogens (tertiary/aromatic N) is 1. The van der Waals surface area contributed by atoms with E-state index >= 15 is 0 Å². The Morgan fingerprint density at radius 1 is 1.07 bits per heavy atom. The molecule has 0 aliphatic rings. The van der Waals surface area contributed by atoms with Gasteiger partial charge in [-0.05, 0) is 48.9 Å². The van der Waals surface area contributed by atoms with Crippen LogP contribution in [0, 0.1) is 13.8 Å². The monoisotopic (exact) mass is 404 g/mol. The number of ether oxygens (including phenoxy) is 1. The molecular weight excluding hydrogens is 376 g/mol. The van der Waals surface area contributed by atoms with Crippen molar-refractivity contribution in [2.45, 2.75) is 47.0 Å². The van der Waals surface area contributed by atoms with E-state index in [2.05, 4.69) is 24.1 Å². The number of esters is 1. The second-order valence-electron chi connectivity index (χ2n) is 7.75. The fourth-order valence-corrected chi connectivity index (χ4v) is 3.69. The molecule has 0 fully saturated rings. The zero-order valence-electron chi connectivity index (χ0n) is 18.2. The number of amides is 1. The number of anilines is 1. The molecule has 2 aromatic carbocycles. The molecule has 0 aliphatic carbocycles. The molecule has 1 N–H and O–H groups in total. The van der Waals surface area contributed by atoms with Gasteiger partial charge in [-0.2, -0.15) is 0 Å². The van der Waals surface area contributed by atoms with Crippen LogP contribution in [-0.2, 0) is 16.0 Å². The van der Waals surface area contributed by atoms with Crippen molar-refractivity contribution in [3.8, 4) is 0 Å². The number of carbonyl (C=O) groups excluding carboxylic acids is 2. The maximum atomic E-state index is 12.9. The molecule has 156 valence electrons. The number of rotatable bonds is 6. The number of hydrogen-bond acceptors (Lipinski definition) is 4. The van der Waals surface area contributed by atoms with Gasteiger partial charge < -0.3 is 10.1 Å². The Labute approximate surface area is 177 Å². The lowest BCUT2D eigenvalue weighted by Crippen LogP contribution is -2.23. The molecule has 1 heterocycles. The van der Waals surface area contributed by atoms with Crippen LogP contribution in [0.15, 0.2) is 42.5 Å². The van der Waals surface area contributed by atoms with Gasteiger partial charge in [-0.3, -0.25) is 9.78 Å².